The van der Waals surface area contributed by atoms with Gasteiger partial charge in [0.15, 0.2) is 23.6 Å². The van der Waals surface area contributed by atoms with Gasteiger partial charge in [0.1, 0.15) is 5.75 Å². The monoisotopic (exact) mass is 380 g/mol. The van der Waals surface area contributed by atoms with E-state index in [-0.39, 0.29) is 0 Å². The number of nitrogens with one attached hydrogen (secondary N) is 1. The van der Waals surface area contributed by atoms with Crippen LogP contribution < -0.4 is 10.1 Å². The molecule has 0 saturated carbocycles. The Balaban J connectivity index is 1.95. The Labute approximate surface area is 154 Å². The first kappa shape index (κ1) is 20.3. The van der Waals surface area contributed by atoms with Crippen molar-refractivity contribution in [2.24, 2.45) is 0 Å². The van der Waals surface area contributed by atoms with Gasteiger partial charge in [-0.25, -0.2) is 13.2 Å². The fraction of sp³-hybridized carbons (Fsp3) is 0.263. The molecule has 2 rings (SSSR count). The van der Waals surface area contributed by atoms with Crippen molar-refractivity contribution in [2.45, 2.75) is 20.0 Å². The fourth-order valence-corrected chi connectivity index (χ4v) is 2.36. The Hall–Kier alpha value is -3.03. The van der Waals surface area contributed by atoms with Crippen LogP contribution in [0.1, 0.15) is 12.5 Å². The highest BCUT2D eigenvalue weighted by Gasteiger charge is 2.22. The Morgan fingerprint density at radius 3 is 2.52 bits per heavy atom. The van der Waals surface area contributed by atoms with Crippen molar-refractivity contribution in [2.75, 3.05) is 18.9 Å². The minimum absolute atomic E-state index is 0.418. The SMILES string of the molecule is Cc1cccc(O[C@@H](C)C(=O)N(C)CC(=O)Nc2ccc(F)c(F)c2F)c1. The summed E-state index contributed by atoms with van der Waals surface area (Å²) < 4.78 is 45.2. The second kappa shape index (κ2) is 8.57. The van der Waals surface area contributed by atoms with Crippen LogP contribution in [0.25, 0.3) is 0 Å². The van der Waals surface area contributed by atoms with Gasteiger partial charge in [0, 0.05) is 7.05 Å². The summed E-state index contributed by atoms with van der Waals surface area (Å²) in [5.74, 6) is -5.28. The Kier molecular flexibility index (Phi) is 6.44. The number of rotatable bonds is 6. The minimum Gasteiger partial charge on any atom is -0.481 e. The van der Waals surface area contributed by atoms with Gasteiger partial charge >= 0.3 is 0 Å². The second-order valence-electron chi connectivity index (χ2n) is 6.04. The molecule has 0 radical (unpaired) electrons. The predicted octanol–water partition coefficient (Wildman–Crippen LogP) is 3.28. The van der Waals surface area contributed by atoms with Crippen LogP contribution >= 0.6 is 0 Å². The molecule has 0 fully saturated rings. The van der Waals surface area contributed by atoms with Crippen molar-refractivity contribution in [3.8, 4) is 5.75 Å². The summed E-state index contributed by atoms with van der Waals surface area (Å²) in [6, 6.07) is 8.73. The normalized spacial score (nSPS) is 11.6. The molecule has 0 aliphatic heterocycles. The van der Waals surface area contributed by atoms with E-state index in [1.807, 2.05) is 13.0 Å². The summed E-state index contributed by atoms with van der Waals surface area (Å²) in [5, 5.41) is 2.10. The molecular formula is C19H19F3N2O3. The van der Waals surface area contributed by atoms with Gasteiger partial charge < -0.3 is 15.0 Å². The molecule has 0 bridgehead atoms. The van der Waals surface area contributed by atoms with Crippen LogP contribution in [0.3, 0.4) is 0 Å². The van der Waals surface area contributed by atoms with E-state index < -0.39 is 47.6 Å². The lowest BCUT2D eigenvalue weighted by Gasteiger charge is -2.22. The second-order valence-corrected chi connectivity index (χ2v) is 6.04. The van der Waals surface area contributed by atoms with Crippen molar-refractivity contribution in [3.63, 3.8) is 0 Å². The summed E-state index contributed by atoms with van der Waals surface area (Å²) in [4.78, 5) is 25.4. The van der Waals surface area contributed by atoms with Crippen LogP contribution in [0.5, 0.6) is 5.75 Å². The fourth-order valence-electron chi connectivity index (χ4n) is 2.36. The van der Waals surface area contributed by atoms with Crippen LogP contribution in [0.2, 0.25) is 0 Å². The van der Waals surface area contributed by atoms with E-state index in [0.717, 1.165) is 16.5 Å². The highest BCUT2D eigenvalue weighted by Crippen LogP contribution is 2.19. The molecule has 1 N–H and O–H groups in total. The van der Waals surface area contributed by atoms with E-state index in [9.17, 15) is 22.8 Å². The molecule has 2 aromatic rings. The molecule has 144 valence electrons. The highest BCUT2D eigenvalue weighted by molar-refractivity contribution is 5.95. The van der Waals surface area contributed by atoms with E-state index in [0.29, 0.717) is 11.8 Å². The largest absolute Gasteiger partial charge is 0.481 e. The van der Waals surface area contributed by atoms with Crippen molar-refractivity contribution >= 4 is 17.5 Å². The molecule has 0 heterocycles. The zero-order valence-corrected chi connectivity index (χ0v) is 15.1. The number of carbonyl (C=O) groups is 2. The maximum Gasteiger partial charge on any atom is 0.263 e. The summed E-state index contributed by atoms with van der Waals surface area (Å²) >= 11 is 0. The van der Waals surface area contributed by atoms with Gasteiger partial charge in [-0.2, -0.15) is 0 Å². The third kappa shape index (κ3) is 5.22. The average Bonchev–Trinajstić information content (AvgIpc) is 2.61. The van der Waals surface area contributed by atoms with E-state index in [1.165, 1.54) is 14.0 Å². The molecule has 0 spiro atoms. The molecule has 8 heteroatoms. The van der Waals surface area contributed by atoms with Gasteiger partial charge in [-0.05, 0) is 43.7 Å². The van der Waals surface area contributed by atoms with Crippen molar-refractivity contribution in [1.29, 1.82) is 0 Å². The molecule has 5 nitrogen and oxygen atoms in total. The summed E-state index contributed by atoms with van der Waals surface area (Å²) in [7, 11) is 1.37. The number of amides is 2. The maximum absolute atomic E-state index is 13.6. The lowest BCUT2D eigenvalue weighted by Crippen LogP contribution is -2.42. The first-order valence-electron chi connectivity index (χ1n) is 8.10. The van der Waals surface area contributed by atoms with Gasteiger partial charge in [-0.3, -0.25) is 9.59 Å². The third-order valence-electron chi connectivity index (χ3n) is 3.72. The quantitative estimate of drug-likeness (QED) is 0.783. The number of halogens is 3. The molecule has 2 amide bonds. The summed E-state index contributed by atoms with van der Waals surface area (Å²) in [6.45, 7) is 3.00. The predicted molar refractivity (Wildman–Crippen MR) is 93.9 cm³/mol. The van der Waals surface area contributed by atoms with Crippen LogP contribution in [0.4, 0.5) is 18.9 Å². The molecule has 2 aromatic carbocycles. The van der Waals surface area contributed by atoms with E-state index in [2.05, 4.69) is 5.32 Å². The van der Waals surface area contributed by atoms with Crippen LogP contribution in [0, 0.1) is 24.4 Å². The first-order valence-corrected chi connectivity index (χ1v) is 8.10. The summed E-state index contributed by atoms with van der Waals surface area (Å²) in [6.07, 6.45) is -0.857. The number of hydrogen-bond donors (Lipinski definition) is 1. The molecule has 1 atom stereocenters. The van der Waals surface area contributed by atoms with E-state index in [4.69, 9.17) is 4.74 Å². The number of ether oxygens (including phenoxy) is 1. The molecule has 0 unspecified atom stereocenters. The highest BCUT2D eigenvalue weighted by atomic mass is 19.2. The minimum atomic E-state index is -1.68. The van der Waals surface area contributed by atoms with Gasteiger partial charge in [-0.1, -0.05) is 12.1 Å². The first-order chi connectivity index (χ1) is 12.7. The molecule has 0 saturated heterocycles. The summed E-state index contributed by atoms with van der Waals surface area (Å²) in [5.41, 5.74) is 0.456. The number of carbonyl (C=O) groups excluding carboxylic acids is 2. The number of hydrogen-bond acceptors (Lipinski definition) is 3. The zero-order valence-electron chi connectivity index (χ0n) is 15.1. The van der Waals surface area contributed by atoms with Crippen LogP contribution in [-0.2, 0) is 9.59 Å². The third-order valence-corrected chi connectivity index (χ3v) is 3.72. The van der Waals surface area contributed by atoms with Gasteiger partial charge in [0.05, 0.1) is 12.2 Å². The average molecular weight is 380 g/mol. The maximum atomic E-state index is 13.6. The number of benzene rings is 2. The lowest BCUT2D eigenvalue weighted by atomic mass is 10.2. The van der Waals surface area contributed by atoms with Gasteiger partial charge in [-0.15, -0.1) is 0 Å². The Bertz CT molecular complexity index is 858. The standard InChI is InChI=1S/C19H19F3N2O3/c1-11-5-4-6-13(9-11)27-12(2)19(26)24(3)10-16(25)23-15-8-7-14(20)17(21)18(15)22/h4-9,12H,10H2,1-3H3,(H,23,25)/t12-/m0/s1. The smallest absolute Gasteiger partial charge is 0.263 e. The van der Waals surface area contributed by atoms with E-state index >= 15 is 0 Å². The zero-order chi connectivity index (χ0) is 20.1. The van der Waals surface area contributed by atoms with Crippen molar-refractivity contribution < 1.29 is 27.5 Å². The van der Waals surface area contributed by atoms with Gasteiger partial charge in [0.25, 0.3) is 5.91 Å². The number of anilines is 1. The number of nitrogens with zero attached hydrogens (tertiary/aromatic N) is 1. The van der Waals surface area contributed by atoms with E-state index in [1.54, 1.807) is 18.2 Å². The molecular weight excluding hydrogens is 361 g/mol. The topological polar surface area (TPSA) is 58.6 Å². The Morgan fingerprint density at radius 1 is 1.15 bits per heavy atom. The van der Waals surface area contributed by atoms with Crippen molar-refractivity contribution in [1.82, 2.24) is 4.90 Å². The molecule has 27 heavy (non-hydrogen) atoms. The lowest BCUT2D eigenvalue weighted by molar-refractivity contribution is -0.139. The molecule has 0 aromatic heterocycles. The van der Waals surface area contributed by atoms with Crippen LogP contribution in [-0.4, -0.2) is 36.4 Å². The number of likely N-dealkylation sites (N-methyl/N-ethyl adjacent to an activating group) is 1. The molecule has 0 aliphatic rings. The molecule has 0 aliphatic carbocycles. The number of aryl methyl sites for hydroxylation is 1. The van der Waals surface area contributed by atoms with Crippen molar-refractivity contribution in [3.05, 3.63) is 59.4 Å². The van der Waals surface area contributed by atoms with Gasteiger partial charge in [0.2, 0.25) is 5.91 Å². The van der Waals surface area contributed by atoms with Crippen LogP contribution in [0.15, 0.2) is 36.4 Å². The Morgan fingerprint density at radius 2 is 1.85 bits per heavy atom.